The number of oxazole rings is 1. The second kappa shape index (κ2) is 8.61. The lowest BCUT2D eigenvalue weighted by molar-refractivity contribution is -0.142. The van der Waals surface area contributed by atoms with Crippen molar-refractivity contribution in [3.63, 3.8) is 0 Å². The number of aromatic hydroxyl groups is 1. The van der Waals surface area contributed by atoms with E-state index in [9.17, 15) is 19.1 Å². The second-order valence-corrected chi connectivity index (χ2v) is 6.31. The summed E-state index contributed by atoms with van der Waals surface area (Å²) < 4.78 is 29.3. The third-order valence-corrected chi connectivity index (χ3v) is 4.17. The van der Waals surface area contributed by atoms with E-state index in [1.54, 1.807) is 30.3 Å². The van der Waals surface area contributed by atoms with E-state index in [-0.39, 0.29) is 30.2 Å². The number of nitrogens with one attached hydrogen (secondary N) is 1. The Hall–Kier alpha value is -3.59. The molecule has 1 aromatic heterocycles. The van der Waals surface area contributed by atoms with E-state index in [1.807, 2.05) is 0 Å². The predicted octanol–water partition coefficient (Wildman–Crippen LogP) is 2.24. The molecule has 1 unspecified atom stereocenters. The number of aromatic nitrogens is 1. The lowest BCUT2D eigenvalue weighted by Crippen LogP contribution is -2.33. The van der Waals surface area contributed by atoms with Gasteiger partial charge >= 0.3 is 11.7 Å². The molecule has 0 aliphatic rings. The fraction of sp³-hybridized carbons (Fsp3) is 0.200. The van der Waals surface area contributed by atoms with E-state index in [1.165, 1.54) is 19.2 Å². The first-order valence-electron chi connectivity index (χ1n) is 8.65. The summed E-state index contributed by atoms with van der Waals surface area (Å²) in [5.74, 6) is -1.68. The van der Waals surface area contributed by atoms with E-state index in [4.69, 9.17) is 14.9 Å². The molecule has 0 aliphatic heterocycles. The van der Waals surface area contributed by atoms with Gasteiger partial charge in [-0.25, -0.2) is 9.18 Å². The summed E-state index contributed by atoms with van der Waals surface area (Å²) >= 11 is 0. The molecule has 1 atom stereocenters. The van der Waals surface area contributed by atoms with Crippen molar-refractivity contribution in [1.29, 1.82) is 0 Å². The molecular weight excluding hydrogens is 383 g/mol. The van der Waals surface area contributed by atoms with Gasteiger partial charge in [-0.05, 0) is 41.8 Å². The average molecular weight is 402 g/mol. The maximum Gasteiger partial charge on any atom is 0.419 e. The van der Waals surface area contributed by atoms with Crippen LogP contribution in [-0.4, -0.2) is 29.2 Å². The molecule has 0 saturated heterocycles. The van der Waals surface area contributed by atoms with Crippen LogP contribution in [-0.2, 0) is 22.4 Å². The van der Waals surface area contributed by atoms with Gasteiger partial charge in [0.2, 0.25) is 5.88 Å². The molecule has 3 rings (SSSR count). The number of nitrogens with two attached hydrogens (primary N) is 1. The topological polar surface area (TPSA) is 128 Å². The quantitative estimate of drug-likeness (QED) is 0.517. The number of ether oxygens (including phenoxy) is 2. The molecule has 0 aliphatic carbocycles. The van der Waals surface area contributed by atoms with Crippen LogP contribution in [0.4, 0.5) is 4.39 Å². The number of halogens is 1. The predicted molar refractivity (Wildman–Crippen MR) is 100 cm³/mol. The summed E-state index contributed by atoms with van der Waals surface area (Å²) in [5.41, 5.74) is 6.97. The third-order valence-electron chi connectivity index (χ3n) is 4.17. The van der Waals surface area contributed by atoms with Gasteiger partial charge in [0.15, 0.2) is 17.3 Å². The van der Waals surface area contributed by atoms with Gasteiger partial charge in [-0.3, -0.25) is 9.78 Å². The molecule has 0 amide bonds. The Balaban J connectivity index is 1.66. The molecule has 8 nitrogen and oxygen atoms in total. The van der Waals surface area contributed by atoms with Crippen LogP contribution < -0.4 is 16.2 Å². The molecule has 0 radical (unpaired) electrons. The molecule has 0 saturated carbocycles. The number of carbonyl (C=O) groups is 1. The summed E-state index contributed by atoms with van der Waals surface area (Å²) in [5, 5.41) is 9.54. The second-order valence-electron chi connectivity index (χ2n) is 6.31. The molecule has 0 bridgehead atoms. The summed E-state index contributed by atoms with van der Waals surface area (Å²) in [6.45, 7) is 0. The largest absolute Gasteiger partial charge is 0.492 e. The Morgan fingerprint density at radius 2 is 1.93 bits per heavy atom. The number of esters is 1. The fourth-order valence-corrected chi connectivity index (χ4v) is 2.70. The highest BCUT2D eigenvalue weighted by Gasteiger charge is 2.16. The number of benzene rings is 2. The molecule has 29 heavy (non-hydrogen) atoms. The van der Waals surface area contributed by atoms with Crippen molar-refractivity contribution in [2.45, 2.75) is 18.9 Å². The highest BCUT2D eigenvalue weighted by atomic mass is 19.1. The number of aromatic amines is 1. The van der Waals surface area contributed by atoms with Gasteiger partial charge in [0.25, 0.3) is 0 Å². The number of carbonyl (C=O) groups excluding carboxylic acids is 1. The van der Waals surface area contributed by atoms with E-state index in [0.29, 0.717) is 11.3 Å². The van der Waals surface area contributed by atoms with Crippen LogP contribution in [0.1, 0.15) is 16.9 Å². The van der Waals surface area contributed by atoms with Gasteiger partial charge in [0.05, 0.1) is 7.11 Å². The highest BCUT2D eigenvalue weighted by Crippen LogP contribution is 2.26. The Kier molecular flexibility index (Phi) is 5.99. The van der Waals surface area contributed by atoms with Gasteiger partial charge in [-0.15, -0.1) is 0 Å². The first-order chi connectivity index (χ1) is 13.9. The summed E-state index contributed by atoms with van der Waals surface area (Å²) in [7, 11) is 1.24. The number of H-pyrrole nitrogens is 1. The third kappa shape index (κ3) is 5.02. The van der Waals surface area contributed by atoms with Crippen molar-refractivity contribution in [2.24, 2.45) is 5.73 Å². The summed E-state index contributed by atoms with van der Waals surface area (Å²) in [6.07, 6.45) is 0.342. The van der Waals surface area contributed by atoms with Gasteiger partial charge < -0.3 is 24.7 Å². The van der Waals surface area contributed by atoms with Crippen LogP contribution in [0.15, 0.2) is 51.7 Å². The minimum Gasteiger partial charge on any atom is -0.492 e. The Labute approximate surface area is 164 Å². The van der Waals surface area contributed by atoms with Crippen LogP contribution in [0.25, 0.3) is 0 Å². The number of hydrogen-bond donors (Lipinski definition) is 3. The first kappa shape index (κ1) is 20.2. The van der Waals surface area contributed by atoms with E-state index in [0.717, 1.165) is 5.56 Å². The van der Waals surface area contributed by atoms with Crippen LogP contribution in [0.3, 0.4) is 0 Å². The van der Waals surface area contributed by atoms with E-state index in [2.05, 4.69) is 9.72 Å². The molecular formula is C20H19FN2O6. The molecule has 1 heterocycles. The molecule has 9 heteroatoms. The molecule has 152 valence electrons. The summed E-state index contributed by atoms with van der Waals surface area (Å²) in [6, 6.07) is 10.1. The lowest BCUT2D eigenvalue weighted by Gasteiger charge is -2.11. The zero-order chi connectivity index (χ0) is 21.0. The van der Waals surface area contributed by atoms with Crippen molar-refractivity contribution in [3.8, 4) is 17.4 Å². The molecule has 0 fully saturated rings. The van der Waals surface area contributed by atoms with Crippen LogP contribution in [0.5, 0.6) is 17.4 Å². The SMILES string of the molecule is COC(=O)C(N)Cc1ccc(Oc2ccc(Cc3oc(=O)[nH]c3O)cc2)c(F)c1. The number of methoxy groups -OCH3 is 1. The minimum absolute atomic E-state index is 0.0161. The fourth-order valence-electron chi connectivity index (χ4n) is 2.70. The molecule has 4 N–H and O–H groups in total. The van der Waals surface area contributed by atoms with Crippen molar-refractivity contribution < 1.29 is 28.2 Å². The lowest BCUT2D eigenvalue weighted by atomic mass is 10.1. The monoisotopic (exact) mass is 402 g/mol. The maximum atomic E-state index is 14.3. The molecule has 0 spiro atoms. The van der Waals surface area contributed by atoms with Crippen molar-refractivity contribution in [2.75, 3.05) is 7.11 Å². The Morgan fingerprint density at radius 3 is 2.52 bits per heavy atom. The van der Waals surface area contributed by atoms with E-state index < -0.39 is 23.6 Å². The number of rotatable bonds is 7. The smallest absolute Gasteiger partial charge is 0.419 e. The normalized spacial score (nSPS) is 11.8. The zero-order valence-corrected chi connectivity index (χ0v) is 15.5. The first-order valence-corrected chi connectivity index (χ1v) is 8.65. The zero-order valence-electron chi connectivity index (χ0n) is 15.5. The Bertz CT molecular complexity index is 1060. The number of hydrogen-bond acceptors (Lipinski definition) is 7. The van der Waals surface area contributed by atoms with E-state index >= 15 is 0 Å². The minimum atomic E-state index is -0.873. The van der Waals surface area contributed by atoms with Gasteiger partial charge in [-0.1, -0.05) is 18.2 Å². The van der Waals surface area contributed by atoms with Crippen LogP contribution in [0, 0.1) is 5.82 Å². The van der Waals surface area contributed by atoms with Gasteiger partial charge in [0.1, 0.15) is 11.8 Å². The van der Waals surface area contributed by atoms with Gasteiger partial charge in [0, 0.05) is 6.42 Å². The van der Waals surface area contributed by atoms with Gasteiger partial charge in [-0.2, -0.15) is 0 Å². The average Bonchev–Trinajstić information content (AvgIpc) is 3.01. The molecule has 2 aromatic carbocycles. The highest BCUT2D eigenvalue weighted by molar-refractivity contribution is 5.75. The van der Waals surface area contributed by atoms with Crippen molar-refractivity contribution in [3.05, 3.63) is 75.7 Å². The molecule has 3 aromatic rings. The maximum absolute atomic E-state index is 14.3. The summed E-state index contributed by atoms with van der Waals surface area (Å²) in [4.78, 5) is 24.6. The standard InChI is InChI=1S/C20H19FN2O6/c1-27-19(25)15(22)9-12-4-7-16(14(21)8-12)28-13-5-2-11(3-6-13)10-17-18(24)23-20(26)29-17/h2-8,15,24H,9-10,22H2,1H3,(H,23,26). The van der Waals surface area contributed by atoms with Crippen molar-refractivity contribution in [1.82, 2.24) is 4.98 Å². The van der Waals surface area contributed by atoms with Crippen molar-refractivity contribution >= 4 is 5.97 Å². The van der Waals surface area contributed by atoms with Crippen LogP contribution >= 0.6 is 0 Å². The van der Waals surface area contributed by atoms with Crippen LogP contribution in [0.2, 0.25) is 0 Å². The Morgan fingerprint density at radius 1 is 1.24 bits per heavy atom.